The first-order chi connectivity index (χ1) is 18.6. The van der Waals surface area contributed by atoms with Crippen LogP contribution >= 0.6 is 11.8 Å². The summed E-state index contributed by atoms with van der Waals surface area (Å²) in [6.45, 7) is 12.6. The third-order valence-electron chi connectivity index (χ3n) is 7.09. The van der Waals surface area contributed by atoms with E-state index in [2.05, 4.69) is 72.8 Å². The van der Waals surface area contributed by atoms with Crippen molar-refractivity contribution in [1.29, 1.82) is 0 Å². The molecule has 1 atom stereocenters. The largest absolute Gasteiger partial charge is 0.338 e. The van der Waals surface area contributed by atoms with Crippen LogP contribution in [-0.2, 0) is 16.1 Å². The number of hydrogen-bond acceptors (Lipinski definition) is 6. The number of amides is 2. The molecule has 1 fully saturated rings. The Kier molecular flexibility index (Phi) is 7.62. The van der Waals surface area contributed by atoms with Crippen molar-refractivity contribution in [3.63, 3.8) is 0 Å². The zero-order chi connectivity index (χ0) is 27.7. The topological polar surface area (TPSA) is 84.2 Å². The number of hydrogen-bond donors (Lipinski definition) is 0. The Labute approximate surface area is 233 Å². The van der Waals surface area contributed by atoms with Gasteiger partial charge >= 0.3 is 0 Å². The molecule has 0 radical (unpaired) electrons. The van der Waals surface area contributed by atoms with E-state index in [1.807, 2.05) is 34.9 Å². The predicted molar refractivity (Wildman–Crippen MR) is 156 cm³/mol. The minimum atomic E-state index is -0.0544. The standard InChI is InChI=1S/C30H36N6O2S/c1-20-11-12-24-23(15-20)27-28(36(24)18-22-9-7-6-8-10-22)31-29(33-32-27)39-19-26(38)34-13-14-35(21(2)17-34)25(37)16-30(3,4)5/h6-12,15,21H,13-14,16-19H2,1-5H3. The first-order valence-corrected chi connectivity index (χ1v) is 14.4. The number of aromatic nitrogens is 4. The summed E-state index contributed by atoms with van der Waals surface area (Å²) >= 11 is 1.31. The van der Waals surface area contributed by atoms with Crippen molar-refractivity contribution in [3.8, 4) is 0 Å². The van der Waals surface area contributed by atoms with Gasteiger partial charge in [-0.3, -0.25) is 9.59 Å². The summed E-state index contributed by atoms with van der Waals surface area (Å²) in [7, 11) is 0. The maximum absolute atomic E-state index is 13.1. The number of rotatable bonds is 6. The SMILES string of the molecule is Cc1ccc2c(c1)c1nnc(SCC(=O)N3CCN(C(=O)CC(C)(C)C)C(C)C3)nc1n2Cc1ccccc1. The molecule has 1 aliphatic heterocycles. The normalized spacial score (nSPS) is 16.3. The third-order valence-corrected chi connectivity index (χ3v) is 7.92. The first kappa shape index (κ1) is 27.1. The molecule has 0 N–H and O–H groups in total. The fourth-order valence-corrected chi connectivity index (χ4v) is 5.85. The molecule has 39 heavy (non-hydrogen) atoms. The lowest BCUT2D eigenvalue weighted by Gasteiger charge is -2.40. The van der Waals surface area contributed by atoms with Gasteiger partial charge in [-0.25, -0.2) is 4.98 Å². The van der Waals surface area contributed by atoms with Gasteiger partial charge < -0.3 is 14.4 Å². The molecule has 2 aromatic heterocycles. The fraction of sp³-hybridized carbons (Fsp3) is 0.433. The third kappa shape index (κ3) is 6.08. The molecule has 5 rings (SSSR count). The highest BCUT2D eigenvalue weighted by Crippen LogP contribution is 2.29. The summed E-state index contributed by atoms with van der Waals surface area (Å²) in [4.78, 5) is 34.5. The van der Waals surface area contributed by atoms with Gasteiger partial charge in [0, 0.05) is 44.0 Å². The molecule has 1 saturated heterocycles. The molecule has 3 heterocycles. The van der Waals surface area contributed by atoms with Crippen molar-refractivity contribution < 1.29 is 9.59 Å². The second-order valence-electron chi connectivity index (χ2n) is 11.7. The molecule has 4 aromatic rings. The first-order valence-electron chi connectivity index (χ1n) is 13.5. The summed E-state index contributed by atoms with van der Waals surface area (Å²) < 4.78 is 2.18. The summed E-state index contributed by atoms with van der Waals surface area (Å²) in [6.07, 6.45) is 0.508. The van der Waals surface area contributed by atoms with Crippen LogP contribution in [0.2, 0.25) is 0 Å². The molecular weight excluding hydrogens is 508 g/mol. The number of piperazine rings is 1. The fourth-order valence-electron chi connectivity index (χ4n) is 5.17. The van der Waals surface area contributed by atoms with Crippen LogP contribution < -0.4 is 0 Å². The van der Waals surface area contributed by atoms with Gasteiger partial charge in [-0.15, -0.1) is 10.2 Å². The van der Waals surface area contributed by atoms with E-state index in [0.29, 0.717) is 37.8 Å². The average molecular weight is 545 g/mol. The number of carbonyl (C=O) groups is 2. The van der Waals surface area contributed by atoms with Gasteiger partial charge in [0.1, 0.15) is 5.52 Å². The number of carbonyl (C=O) groups excluding carboxylic acids is 2. The molecule has 0 bridgehead atoms. The Balaban J connectivity index is 1.31. The van der Waals surface area contributed by atoms with E-state index < -0.39 is 0 Å². The zero-order valence-electron chi connectivity index (χ0n) is 23.3. The molecule has 9 heteroatoms. The zero-order valence-corrected chi connectivity index (χ0v) is 24.2. The molecule has 1 aliphatic rings. The van der Waals surface area contributed by atoms with Gasteiger partial charge in [-0.2, -0.15) is 0 Å². The summed E-state index contributed by atoms with van der Waals surface area (Å²) in [5.74, 6) is 0.415. The molecule has 1 unspecified atom stereocenters. The highest BCUT2D eigenvalue weighted by molar-refractivity contribution is 7.99. The van der Waals surface area contributed by atoms with Gasteiger partial charge in [0.05, 0.1) is 11.3 Å². The van der Waals surface area contributed by atoms with Gasteiger partial charge in [0.2, 0.25) is 17.0 Å². The van der Waals surface area contributed by atoms with E-state index in [0.717, 1.165) is 27.6 Å². The van der Waals surface area contributed by atoms with Crippen molar-refractivity contribution >= 4 is 45.6 Å². The van der Waals surface area contributed by atoms with Crippen LogP contribution in [0.3, 0.4) is 0 Å². The maximum atomic E-state index is 13.1. The van der Waals surface area contributed by atoms with Crippen molar-refractivity contribution in [2.45, 2.75) is 58.8 Å². The monoisotopic (exact) mass is 544 g/mol. The lowest BCUT2D eigenvalue weighted by Crippen LogP contribution is -2.56. The average Bonchev–Trinajstić information content (AvgIpc) is 3.18. The minimum absolute atomic E-state index is 0.00559. The Hall–Kier alpha value is -3.46. The smallest absolute Gasteiger partial charge is 0.233 e. The quantitative estimate of drug-likeness (QED) is 0.320. The van der Waals surface area contributed by atoms with E-state index in [-0.39, 0.29) is 29.0 Å². The Morgan fingerprint density at radius 2 is 1.79 bits per heavy atom. The van der Waals surface area contributed by atoms with Gasteiger partial charge in [-0.05, 0) is 37.0 Å². The molecule has 204 valence electrons. The minimum Gasteiger partial charge on any atom is -0.338 e. The molecule has 2 aromatic carbocycles. The number of fused-ring (bicyclic) bond motifs is 3. The van der Waals surface area contributed by atoms with Crippen LogP contribution in [0.1, 0.15) is 45.2 Å². The van der Waals surface area contributed by atoms with Crippen LogP contribution in [0.15, 0.2) is 53.7 Å². The summed E-state index contributed by atoms with van der Waals surface area (Å²) in [5.41, 5.74) is 4.87. The van der Waals surface area contributed by atoms with Crippen LogP contribution in [0.25, 0.3) is 22.1 Å². The van der Waals surface area contributed by atoms with Crippen molar-refractivity contribution in [2.24, 2.45) is 5.41 Å². The molecular formula is C30H36N6O2S. The second kappa shape index (κ2) is 11.0. The van der Waals surface area contributed by atoms with Crippen molar-refractivity contribution in [1.82, 2.24) is 29.5 Å². The Morgan fingerprint density at radius 3 is 2.51 bits per heavy atom. The van der Waals surface area contributed by atoms with Gasteiger partial charge in [0.15, 0.2) is 5.65 Å². The lowest BCUT2D eigenvalue weighted by atomic mass is 9.91. The molecule has 8 nitrogen and oxygen atoms in total. The van der Waals surface area contributed by atoms with E-state index in [4.69, 9.17) is 4.98 Å². The Morgan fingerprint density at radius 1 is 1.03 bits per heavy atom. The number of thioether (sulfide) groups is 1. The summed E-state index contributed by atoms with van der Waals surface area (Å²) in [5, 5.41) is 10.4. The lowest BCUT2D eigenvalue weighted by molar-refractivity contribution is -0.142. The van der Waals surface area contributed by atoms with Crippen LogP contribution in [0, 0.1) is 12.3 Å². The molecule has 0 saturated carbocycles. The van der Waals surface area contributed by atoms with Gasteiger partial charge in [0.25, 0.3) is 0 Å². The van der Waals surface area contributed by atoms with E-state index >= 15 is 0 Å². The molecule has 2 amide bonds. The molecule has 0 aliphatic carbocycles. The number of aryl methyl sites for hydroxylation is 1. The highest BCUT2D eigenvalue weighted by atomic mass is 32.2. The predicted octanol–water partition coefficient (Wildman–Crippen LogP) is 4.92. The van der Waals surface area contributed by atoms with E-state index in [1.165, 1.54) is 17.3 Å². The number of nitrogens with zero attached hydrogens (tertiary/aromatic N) is 6. The van der Waals surface area contributed by atoms with Crippen molar-refractivity contribution in [2.75, 3.05) is 25.4 Å². The van der Waals surface area contributed by atoms with E-state index in [1.54, 1.807) is 0 Å². The van der Waals surface area contributed by atoms with Crippen LogP contribution in [-0.4, -0.2) is 72.8 Å². The molecule has 0 spiro atoms. The van der Waals surface area contributed by atoms with Crippen molar-refractivity contribution in [3.05, 3.63) is 59.7 Å². The number of benzene rings is 2. The maximum Gasteiger partial charge on any atom is 0.233 e. The highest BCUT2D eigenvalue weighted by Gasteiger charge is 2.31. The second-order valence-corrected chi connectivity index (χ2v) is 12.6. The van der Waals surface area contributed by atoms with Crippen LogP contribution in [0.5, 0.6) is 0 Å². The van der Waals surface area contributed by atoms with E-state index in [9.17, 15) is 9.59 Å². The van der Waals surface area contributed by atoms with Crippen LogP contribution in [0.4, 0.5) is 0 Å². The van der Waals surface area contributed by atoms with Gasteiger partial charge in [-0.1, -0.05) is 74.5 Å². The Bertz CT molecular complexity index is 1510. The summed E-state index contributed by atoms with van der Waals surface area (Å²) in [6, 6.07) is 16.6.